The van der Waals surface area contributed by atoms with Crippen LogP contribution in [0.15, 0.2) is 0 Å². The van der Waals surface area contributed by atoms with E-state index in [1.165, 1.54) is 0 Å². The number of β-amino-alcohol motifs (C(OH)–C–C–N with tert-alkyl or cyclic N) is 1. The first-order valence-corrected chi connectivity index (χ1v) is 3.90. The molecule has 1 rings (SSSR count). The number of likely N-dealkylation sites (tertiary alicyclic amines) is 1. The molecule has 70 valence electrons. The predicted octanol–water partition coefficient (Wildman–Crippen LogP) is -0.660. The van der Waals surface area contributed by atoms with Crippen LogP contribution >= 0.6 is 0 Å². The van der Waals surface area contributed by atoms with Crippen LogP contribution in [-0.2, 0) is 0 Å². The Morgan fingerprint density at radius 1 is 1.50 bits per heavy atom. The van der Waals surface area contributed by atoms with Crippen LogP contribution in [0, 0.1) is 5.92 Å². The van der Waals surface area contributed by atoms with Crippen molar-refractivity contribution in [3.63, 3.8) is 0 Å². The molecule has 5 nitrogen and oxygen atoms in total. The van der Waals surface area contributed by atoms with Crippen molar-refractivity contribution in [1.82, 2.24) is 4.90 Å². The monoisotopic (exact) mass is 175 g/mol. The number of nitrogens with zero attached hydrogens (tertiary/aromatic N) is 1. The number of aliphatic hydroxyl groups is 2. The number of carboxylic acid groups (broad SMARTS) is 1. The first-order chi connectivity index (χ1) is 5.63. The lowest BCUT2D eigenvalue weighted by molar-refractivity contribution is 0.0245. The number of rotatable bonds is 1. The Morgan fingerprint density at radius 2 is 2.17 bits per heavy atom. The fraction of sp³-hybridized carbons (Fsp3) is 0.857. The Hall–Kier alpha value is -0.810. The van der Waals surface area contributed by atoms with E-state index in [4.69, 9.17) is 10.2 Å². The van der Waals surface area contributed by atoms with Crippen LogP contribution in [0.25, 0.3) is 0 Å². The molecule has 0 saturated carbocycles. The van der Waals surface area contributed by atoms with Gasteiger partial charge in [-0.2, -0.15) is 0 Å². The van der Waals surface area contributed by atoms with E-state index in [1.807, 2.05) is 0 Å². The maximum absolute atomic E-state index is 10.5. The van der Waals surface area contributed by atoms with Gasteiger partial charge in [-0.3, -0.25) is 0 Å². The molecule has 1 fully saturated rings. The number of amides is 1. The number of carbonyl (C=O) groups is 1. The molecule has 12 heavy (non-hydrogen) atoms. The zero-order valence-electron chi connectivity index (χ0n) is 6.68. The van der Waals surface area contributed by atoms with Crippen molar-refractivity contribution in [3.8, 4) is 0 Å². The summed E-state index contributed by atoms with van der Waals surface area (Å²) in [6.07, 6.45) is -1.18. The van der Waals surface area contributed by atoms with Gasteiger partial charge in [0.1, 0.15) is 0 Å². The van der Waals surface area contributed by atoms with Gasteiger partial charge in [0.2, 0.25) is 0 Å². The highest BCUT2D eigenvalue weighted by atomic mass is 16.4. The van der Waals surface area contributed by atoms with Crippen molar-refractivity contribution < 1.29 is 20.1 Å². The average Bonchev–Trinajstić information content (AvgIpc) is 2.03. The zero-order valence-corrected chi connectivity index (χ0v) is 6.68. The SMILES string of the molecule is O=C(O)N1CC(O)CC(CO)C1. The van der Waals surface area contributed by atoms with Gasteiger partial charge >= 0.3 is 6.09 Å². The van der Waals surface area contributed by atoms with Crippen molar-refractivity contribution in [3.05, 3.63) is 0 Å². The maximum Gasteiger partial charge on any atom is 0.407 e. The van der Waals surface area contributed by atoms with Crippen LogP contribution in [0.4, 0.5) is 4.79 Å². The lowest BCUT2D eigenvalue weighted by Gasteiger charge is -2.32. The predicted molar refractivity (Wildman–Crippen MR) is 40.8 cm³/mol. The fourth-order valence-corrected chi connectivity index (χ4v) is 1.46. The first-order valence-electron chi connectivity index (χ1n) is 3.90. The highest BCUT2D eigenvalue weighted by Crippen LogP contribution is 2.16. The zero-order chi connectivity index (χ0) is 9.14. The van der Waals surface area contributed by atoms with Crippen LogP contribution in [0.2, 0.25) is 0 Å². The average molecular weight is 175 g/mol. The highest BCUT2D eigenvalue weighted by molar-refractivity contribution is 5.65. The molecular formula is C7H13NO4. The molecular weight excluding hydrogens is 162 g/mol. The number of hydrogen-bond donors (Lipinski definition) is 3. The molecule has 0 aromatic heterocycles. The molecule has 0 spiro atoms. The minimum atomic E-state index is -1.03. The van der Waals surface area contributed by atoms with Crippen LogP contribution < -0.4 is 0 Å². The fourth-order valence-electron chi connectivity index (χ4n) is 1.46. The minimum absolute atomic E-state index is 0.0686. The molecule has 5 heteroatoms. The van der Waals surface area contributed by atoms with E-state index in [2.05, 4.69) is 0 Å². The molecule has 0 radical (unpaired) electrons. The Labute approximate surface area is 70.2 Å². The smallest absolute Gasteiger partial charge is 0.407 e. The molecule has 1 heterocycles. The molecule has 0 aliphatic carbocycles. The molecule has 1 amide bonds. The molecule has 0 aromatic carbocycles. The molecule has 1 saturated heterocycles. The van der Waals surface area contributed by atoms with Gasteiger partial charge in [-0.1, -0.05) is 0 Å². The number of piperidine rings is 1. The summed E-state index contributed by atoms with van der Waals surface area (Å²) in [5, 5.41) is 26.6. The summed E-state index contributed by atoms with van der Waals surface area (Å²) >= 11 is 0. The quantitative estimate of drug-likeness (QED) is 0.494. The third kappa shape index (κ3) is 2.09. The second-order valence-electron chi connectivity index (χ2n) is 3.13. The van der Waals surface area contributed by atoms with Crippen molar-refractivity contribution in [2.45, 2.75) is 12.5 Å². The lowest BCUT2D eigenvalue weighted by Crippen LogP contribution is -2.46. The lowest BCUT2D eigenvalue weighted by atomic mass is 9.97. The van der Waals surface area contributed by atoms with Gasteiger partial charge in [0.25, 0.3) is 0 Å². The second kappa shape index (κ2) is 3.73. The summed E-state index contributed by atoms with van der Waals surface area (Å²) in [7, 11) is 0. The summed E-state index contributed by atoms with van der Waals surface area (Å²) in [5.41, 5.74) is 0. The highest BCUT2D eigenvalue weighted by Gasteiger charge is 2.27. The van der Waals surface area contributed by atoms with Crippen molar-refractivity contribution in [1.29, 1.82) is 0 Å². The number of aliphatic hydroxyl groups excluding tert-OH is 2. The maximum atomic E-state index is 10.5. The van der Waals surface area contributed by atoms with Crippen LogP contribution in [0.1, 0.15) is 6.42 Å². The summed E-state index contributed by atoms with van der Waals surface area (Å²) < 4.78 is 0. The minimum Gasteiger partial charge on any atom is -0.465 e. The molecule has 1 aliphatic rings. The van der Waals surface area contributed by atoms with E-state index in [9.17, 15) is 9.90 Å². The van der Waals surface area contributed by atoms with Gasteiger partial charge in [0.15, 0.2) is 0 Å². The van der Waals surface area contributed by atoms with Crippen LogP contribution in [0.5, 0.6) is 0 Å². The largest absolute Gasteiger partial charge is 0.465 e. The summed E-state index contributed by atoms with van der Waals surface area (Å²) in [6, 6.07) is 0. The third-order valence-electron chi connectivity index (χ3n) is 2.04. The summed E-state index contributed by atoms with van der Waals surface area (Å²) in [4.78, 5) is 11.6. The molecule has 2 unspecified atom stereocenters. The molecule has 1 aliphatic heterocycles. The Balaban J connectivity index is 2.51. The van der Waals surface area contributed by atoms with Crippen LogP contribution in [-0.4, -0.2) is 52.1 Å². The molecule has 0 aromatic rings. The normalized spacial score (nSPS) is 30.3. The first kappa shape index (κ1) is 9.28. The standard InChI is InChI=1S/C7H13NO4/c9-4-5-1-6(10)3-8(2-5)7(11)12/h5-6,9-10H,1-4H2,(H,11,12). The van der Waals surface area contributed by atoms with Gasteiger partial charge in [0, 0.05) is 25.6 Å². The summed E-state index contributed by atoms with van der Waals surface area (Å²) in [6.45, 7) is 0.412. The van der Waals surface area contributed by atoms with Gasteiger partial charge < -0.3 is 20.2 Å². The molecule has 3 N–H and O–H groups in total. The van der Waals surface area contributed by atoms with Gasteiger partial charge in [-0.05, 0) is 6.42 Å². The second-order valence-corrected chi connectivity index (χ2v) is 3.13. The topological polar surface area (TPSA) is 81.0 Å². The van der Waals surface area contributed by atoms with Gasteiger partial charge in [-0.25, -0.2) is 4.79 Å². The van der Waals surface area contributed by atoms with E-state index < -0.39 is 12.2 Å². The van der Waals surface area contributed by atoms with E-state index in [1.54, 1.807) is 0 Å². The Kier molecular flexibility index (Phi) is 2.88. The molecule has 2 atom stereocenters. The van der Waals surface area contributed by atoms with Crippen LogP contribution in [0.3, 0.4) is 0 Å². The van der Waals surface area contributed by atoms with E-state index in [0.717, 1.165) is 4.90 Å². The van der Waals surface area contributed by atoms with Crippen molar-refractivity contribution in [2.75, 3.05) is 19.7 Å². The molecule has 0 bridgehead atoms. The Morgan fingerprint density at radius 3 is 2.67 bits per heavy atom. The number of hydrogen-bond acceptors (Lipinski definition) is 3. The van der Waals surface area contributed by atoms with Crippen molar-refractivity contribution >= 4 is 6.09 Å². The Bertz CT molecular complexity index is 173. The van der Waals surface area contributed by atoms with Crippen molar-refractivity contribution in [2.24, 2.45) is 5.92 Å². The van der Waals surface area contributed by atoms with E-state index in [-0.39, 0.29) is 19.1 Å². The third-order valence-corrected chi connectivity index (χ3v) is 2.04. The van der Waals surface area contributed by atoms with Gasteiger partial charge in [-0.15, -0.1) is 0 Å². The van der Waals surface area contributed by atoms with Gasteiger partial charge in [0.05, 0.1) is 6.10 Å². The summed E-state index contributed by atoms with van der Waals surface area (Å²) in [5.74, 6) is -0.121. The van der Waals surface area contributed by atoms with E-state index in [0.29, 0.717) is 13.0 Å². The van der Waals surface area contributed by atoms with E-state index >= 15 is 0 Å².